The molecule has 0 saturated heterocycles. The van der Waals surface area contributed by atoms with E-state index >= 15 is 0 Å². The van der Waals surface area contributed by atoms with Gasteiger partial charge >= 0.3 is 5.97 Å². The Morgan fingerprint density at radius 3 is 2.60 bits per heavy atom. The maximum absolute atomic E-state index is 14.2. The number of carboxylic acid groups (broad SMARTS) is 1. The third-order valence-corrected chi connectivity index (χ3v) is 3.07. The minimum atomic E-state index is -1.53. The molecule has 0 saturated carbocycles. The van der Waals surface area contributed by atoms with Crippen LogP contribution in [0, 0.1) is 24.5 Å². The number of carbonyl (C=O) groups is 1. The molecule has 0 unspecified atom stereocenters. The Bertz CT molecular complexity index is 694. The van der Waals surface area contributed by atoms with E-state index in [0.717, 1.165) is 6.07 Å². The Kier molecular flexibility index (Phi) is 3.71. The molecule has 7 heteroatoms. The smallest absolute Gasteiger partial charge is 0.340 e. The van der Waals surface area contributed by atoms with Crippen molar-refractivity contribution < 1.29 is 27.8 Å². The summed E-state index contributed by atoms with van der Waals surface area (Å²) >= 11 is 0. The molecule has 108 valence electrons. The SMILES string of the molecule is COCCc1c(F)c(C(=O)O)c2c(C)cc(F)c(F)n12. The Balaban J connectivity index is 2.90. The number of nitrogens with zero attached hydrogens (tertiary/aromatic N) is 1. The number of rotatable bonds is 4. The van der Waals surface area contributed by atoms with Gasteiger partial charge < -0.3 is 9.84 Å². The standard InChI is InChI=1S/C13H12F3NO3/c1-6-5-7(14)12(16)17-8(3-4-20-2)10(15)9(11(6)17)13(18)19/h5H,3-4H2,1-2H3,(H,18,19). The van der Waals surface area contributed by atoms with Crippen molar-refractivity contribution in [1.29, 1.82) is 0 Å². The van der Waals surface area contributed by atoms with Gasteiger partial charge in [-0.15, -0.1) is 0 Å². The maximum atomic E-state index is 14.2. The van der Waals surface area contributed by atoms with Crippen LogP contribution in [0.3, 0.4) is 0 Å². The van der Waals surface area contributed by atoms with Gasteiger partial charge in [-0.3, -0.25) is 4.40 Å². The number of aryl methyl sites for hydroxylation is 1. The summed E-state index contributed by atoms with van der Waals surface area (Å²) in [6.45, 7) is 1.45. The summed E-state index contributed by atoms with van der Waals surface area (Å²) < 4.78 is 47.0. The van der Waals surface area contributed by atoms with Gasteiger partial charge in [-0.2, -0.15) is 4.39 Å². The number of hydrogen-bond acceptors (Lipinski definition) is 2. The zero-order chi connectivity index (χ0) is 15.0. The molecular formula is C13H12F3NO3. The van der Waals surface area contributed by atoms with E-state index in [1.807, 2.05) is 0 Å². The predicted octanol–water partition coefficient (Wildman–Crippen LogP) is 2.55. The minimum absolute atomic E-state index is 0.0527. The van der Waals surface area contributed by atoms with E-state index in [-0.39, 0.29) is 29.8 Å². The van der Waals surface area contributed by atoms with Crippen LogP contribution in [0.4, 0.5) is 13.2 Å². The topological polar surface area (TPSA) is 50.9 Å². The summed E-state index contributed by atoms with van der Waals surface area (Å²) in [5.74, 6) is -5.08. The van der Waals surface area contributed by atoms with Crippen molar-refractivity contribution in [2.24, 2.45) is 0 Å². The lowest BCUT2D eigenvalue weighted by Gasteiger charge is -2.07. The first-order valence-corrected chi connectivity index (χ1v) is 5.79. The second kappa shape index (κ2) is 5.16. The summed E-state index contributed by atoms with van der Waals surface area (Å²) in [4.78, 5) is 11.2. The van der Waals surface area contributed by atoms with E-state index in [0.29, 0.717) is 4.40 Å². The number of aromatic nitrogens is 1. The summed E-state index contributed by atoms with van der Waals surface area (Å²) in [5, 5.41) is 9.09. The highest BCUT2D eigenvalue weighted by Crippen LogP contribution is 2.28. The highest BCUT2D eigenvalue weighted by atomic mass is 19.2. The van der Waals surface area contributed by atoms with Crippen LogP contribution in [0.2, 0.25) is 0 Å². The molecular weight excluding hydrogens is 275 g/mol. The maximum Gasteiger partial charge on any atom is 0.340 e. The Morgan fingerprint density at radius 2 is 2.05 bits per heavy atom. The van der Waals surface area contributed by atoms with Crippen molar-refractivity contribution in [2.75, 3.05) is 13.7 Å². The molecule has 1 N–H and O–H groups in total. The van der Waals surface area contributed by atoms with Gasteiger partial charge in [0.1, 0.15) is 5.56 Å². The average Bonchev–Trinajstić information content (AvgIpc) is 2.67. The molecule has 2 aromatic rings. The van der Waals surface area contributed by atoms with Gasteiger partial charge in [-0.1, -0.05) is 0 Å². The first-order valence-electron chi connectivity index (χ1n) is 5.79. The Labute approximate surface area is 112 Å². The molecule has 0 aliphatic rings. The van der Waals surface area contributed by atoms with Crippen LogP contribution < -0.4 is 0 Å². The van der Waals surface area contributed by atoms with Crippen molar-refractivity contribution in [2.45, 2.75) is 13.3 Å². The predicted molar refractivity (Wildman–Crippen MR) is 64.5 cm³/mol. The van der Waals surface area contributed by atoms with E-state index in [1.165, 1.54) is 14.0 Å². The normalized spacial score (nSPS) is 11.2. The molecule has 0 aromatic carbocycles. The Hall–Kier alpha value is -2.02. The van der Waals surface area contributed by atoms with Crippen LogP contribution >= 0.6 is 0 Å². The lowest BCUT2D eigenvalue weighted by atomic mass is 10.1. The van der Waals surface area contributed by atoms with E-state index < -0.39 is 29.1 Å². The number of methoxy groups -OCH3 is 1. The molecule has 0 aliphatic carbocycles. The monoisotopic (exact) mass is 287 g/mol. The van der Waals surface area contributed by atoms with Crippen molar-refractivity contribution in [3.63, 3.8) is 0 Å². The molecule has 0 fully saturated rings. The van der Waals surface area contributed by atoms with Gasteiger partial charge in [0.2, 0.25) is 5.95 Å². The third-order valence-electron chi connectivity index (χ3n) is 3.07. The number of halogens is 3. The van der Waals surface area contributed by atoms with E-state index in [4.69, 9.17) is 9.84 Å². The molecule has 2 aromatic heterocycles. The summed E-state index contributed by atoms with van der Waals surface area (Å²) in [6, 6.07) is 0.844. The number of hydrogen-bond donors (Lipinski definition) is 1. The number of pyridine rings is 1. The largest absolute Gasteiger partial charge is 0.478 e. The van der Waals surface area contributed by atoms with Crippen LogP contribution in [-0.2, 0) is 11.2 Å². The second-order valence-electron chi connectivity index (χ2n) is 4.33. The van der Waals surface area contributed by atoms with Gasteiger partial charge in [0, 0.05) is 13.5 Å². The second-order valence-corrected chi connectivity index (χ2v) is 4.33. The van der Waals surface area contributed by atoms with Crippen molar-refractivity contribution >= 4 is 11.5 Å². The van der Waals surface area contributed by atoms with Crippen LogP contribution in [0.25, 0.3) is 5.52 Å². The van der Waals surface area contributed by atoms with Gasteiger partial charge in [0.15, 0.2) is 11.6 Å². The molecule has 0 radical (unpaired) electrons. The highest BCUT2D eigenvalue weighted by Gasteiger charge is 2.27. The lowest BCUT2D eigenvalue weighted by molar-refractivity contribution is 0.0694. The van der Waals surface area contributed by atoms with Crippen molar-refractivity contribution in [3.05, 3.63) is 40.5 Å². The number of aromatic carboxylic acids is 1. The molecule has 2 heterocycles. The van der Waals surface area contributed by atoms with Gasteiger partial charge in [-0.05, 0) is 18.6 Å². The summed E-state index contributed by atoms with van der Waals surface area (Å²) in [5.41, 5.74) is -0.948. The molecule has 0 atom stereocenters. The van der Waals surface area contributed by atoms with Crippen LogP contribution in [0.5, 0.6) is 0 Å². The van der Waals surface area contributed by atoms with Crippen LogP contribution in [0.1, 0.15) is 21.6 Å². The molecule has 2 rings (SSSR count). The minimum Gasteiger partial charge on any atom is -0.478 e. The van der Waals surface area contributed by atoms with Crippen molar-refractivity contribution in [1.82, 2.24) is 4.40 Å². The fourth-order valence-corrected chi connectivity index (χ4v) is 2.22. The molecule has 4 nitrogen and oxygen atoms in total. The summed E-state index contributed by atoms with van der Waals surface area (Å²) in [7, 11) is 1.37. The first kappa shape index (κ1) is 14.4. The summed E-state index contributed by atoms with van der Waals surface area (Å²) in [6.07, 6.45) is -0.0728. The van der Waals surface area contributed by atoms with Crippen LogP contribution in [0.15, 0.2) is 6.07 Å². The Morgan fingerprint density at radius 1 is 1.40 bits per heavy atom. The highest BCUT2D eigenvalue weighted by molar-refractivity contribution is 5.97. The lowest BCUT2D eigenvalue weighted by Crippen LogP contribution is -2.06. The number of ether oxygens (including phenoxy) is 1. The van der Waals surface area contributed by atoms with E-state index in [9.17, 15) is 18.0 Å². The zero-order valence-electron chi connectivity index (χ0n) is 10.8. The van der Waals surface area contributed by atoms with E-state index in [1.54, 1.807) is 0 Å². The van der Waals surface area contributed by atoms with Gasteiger partial charge in [0.25, 0.3) is 0 Å². The fraction of sp³-hybridized carbons (Fsp3) is 0.308. The molecule has 0 aliphatic heterocycles. The van der Waals surface area contributed by atoms with Gasteiger partial charge in [0.05, 0.1) is 17.8 Å². The molecule has 0 spiro atoms. The quantitative estimate of drug-likeness (QED) is 0.879. The molecule has 0 amide bonds. The first-order chi connectivity index (χ1) is 9.40. The van der Waals surface area contributed by atoms with Gasteiger partial charge in [-0.25, -0.2) is 13.6 Å². The van der Waals surface area contributed by atoms with Crippen LogP contribution in [-0.4, -0.2) is 29.2 Å². The average molecular weight is 287 g/mol. The molecule has 0 bridgehead atoms. The third kappa shape index (κ3) is 2.03. The zero-order valence-corrected chi connectivity index (χ0v) is 10.8. The number of fused-ring (bicyclic) bond motifs is 1. The molecule has 20 heavy (non-hydrogen) atoms. The number of carboxylic acids is 1. The van der Waals surface area contributed by atoms with E-state index in [2.05, 4.69) is 0 Å². The fourth-order valence-electron chi connectivity index (χ4n) is 2.22. The van der Waals surface area contributed by atoms with Crippen molar-refractivity contribution in [3.8, 4) is 0 Å².